The lowest BCUT2D eigenvalue weighted by molar-refractivity contribution is 0.968. The maximum atomic E-state index is 11.0. The Kier molecular flexibility index (Phi) is 3.19. The second-order valence-electron chi connectivity index (χ2n) is 4.71. The molecule has 1 aromatic heterocycles. The number of nitrogens with zero attached hydrogens (tertiary/aromatic N) is 2. The van der Waals surface area contributed by atoms with Gasteiger partial charge in [0.05, 0.1) is 11.3 Å². The zero-order valence-electron chi connectivity index (χ0n) is 11.3. The summed E-state index contributed by atoms with van der Waals surface area (Å²) in [6, 6.07) is 12.3. The molecule has 1 aliphatic heterocycles. The highest BCUT2D eigenvalue weighted by atomic mass is 16.8. The predicted molar refractivity (Wildman–Crippen MR) is 81.7 cm³/mol. The molecule has 2 aliphatic rings. The maximum Gasteiger partial charge on any atom is 0.232 e. The van der Waals surface area contributed by atoms with E-state index in [1.54, 1.807) is 30.5 Å². The minimum Gasteiger partial charge on any atom is -0.612 e. The number of aryl methyl sites for hydroxylation is 1. The van der Waals surface area contributed by atoms with Crippen molar-refractivity contribution in [2.75, 3.05) is 5.32 Å². The SMILES string of the molecule is Cc1ccnc(Nc2ccc3c(=[N+]([O-])[O-])cccc-3[nH]2)c1. The number of hydrogen-bond donors (Lipinski definition) is 2. The summed E-state index contributed by atoms with van der Waals surface area (Å²) in [6.45, 7) is 1.99. The summed E-state index contributed by atoms with van der Waals surface area (Å²) in [7, 11) is 0. The van der Waals surface area contributed by atoms with Gasteiger partial charge in [0.2, 0.25) is 5.36 Å². The smallest absolute Gasteiger partial charge is 0.232 e. The molecule has 0 amide bonds. The molecule has 0 atom stereocenters. The normalized spacial score (nSPS) is 10.5. The second kappa shape index (κ2) is 5.16. The Morgan fingerprint density at radius 2 is 2.00 bits per heavy atom. The van der Waals surface area contributed by atoms with Gasteiger partial charge in [-0.25, -0.2) is 4.98 Å². The fraction of sp³-hybridized carbons (Fsp3) is 0.0667. The molecule has 2 N–H and O–H groups in total. The van der Waals surface area contributed by atoms with Crippen LogP contribution in [0.15, 0.2) is 48.7 Å². The van der Waals surface area contributed by atoms with Gasteiger partial charge >= 0.3 is 0 Å². The third-order valence-electron chi connectivity index (χ3n) is 3.14. The van der Waals surface area contributed by atoms with Gasteiger partial charge in [0.25, 0.3) is 0 Å². The van der Waals surface area contributed by atoms with Gasteiger partial charge in [0.15, 0.2) is 0 Å². The first-order valence-corrected chi connectivity index (χ1v) is 6.42. The maximum absolute atomic E-state index is 11.0. The van der Waals surface area contributed by atoms with Crippen molar-refractivity contribution in [1.29, 1.82) is 0 Å². The summed E-state index contributed by atoms with van der Waals surface area (Å²) in [5.74, 6) is 1.44. The number of nitrogens with one attached hydrogen (secondary N) is 2. The topological polar surface area (TPSA) is 89.8 Å². The average Bonchev–Trinajstić information content (AvgIpc) is 2.46. The number of aromatic amines is 1. The van der Waals surface area contributed by atoms with Crippen molar-refractivity contribution in [2.45, 2.75) is 6.92 Å². The van der Waals surface area contributed by atoms with E-state index in [1.807, 2.05) is 19.1 Å². The molecule has 0 fully saturated rings. The molecule has 0 saturated carbocycles. The zero-order valence-corrected chi connectivity index (χ0v) is 11.3. The summed E-state index contributed by atoms with van der Waals surface area (Å²) in [5.41, 5.74) is 2.37. The van der Waals surface area contributed by atoms with Gasteiger partial charge in [-0.3, -0.25) is 0 Å². The second-order valence-corrected chi connectivity index (χ2v) is 4.71. The summed E-state index contributed by atoms with van der Waals surface area (Å²) in [5, 5.41) is 25.2. The largest absolute Gasteiger partial charge is 0.612 e. The van der Waals surface area contributed by atoms with Gasteiger partial charge in [-0.1, -0.05) is 6.07 Å². The fourth-order valence-corrected chi connectivity index (χ4v) is 2.17. The molecule has 2 heterocycles. The average molecular weight is 281 g/mol. The van der Waals surface area contributed by atoms with Gasteiger partial charge in [-0.15, -0.1) is 0 Å². The van der Waals surface area contributed by atoms with E-state index in [9.17, 15) is 10.4 Å². The van der Waals surface area contributed by atoms with Crippen LogP contribution in [-0.2, 0) is 0 Å². The van der Waals surface area contributed by atoms with Crippen LogP contribution in [0.1, 0.15) is 5.56 Å². The standard InChI is InChI=1S/C15H13N4O2/c1-10-7-8-16-15(9-10)18-14-6-5-11-12(17-14)3-2-4-13(11)19(20)21/h2-9,17H,1H3,(H-,16,18,20,21)/q-1. The number of anilines is 2. The first-order valence-electron chi connectivity index (χ1n) is 6.42. The van der Waals surface area contributed by atoms with Crippen molar-refractivity contribution in [3.8, 4) is 11.3 Å². The number of H-pyrrole nitrogens is 1. The van der Waals surface area contributed by atoms with Crippen LogP contribution in [0.5, 0.6) is 0 Å². The van der Waals surface area contributed by atoms with Crippen molar-refractivity contribution >= 4 is 11.6 Å². The van der Waals surface area contributed by atoms with Crippen LogP contribution in [0.2, 0.25) is 0 Å². The molecule has 0 spiro atoms. The summed E-state index contributed by atoms with van der Waals surface area (Å²) < 4.78 is 0. The molecule has 0 bridgehead atoms. The molecule has 0 radical (unpaired) electrons. The third kappa shape index (κ3) is 2.64. The predicted octanol–water partition coefficient (Wildman–Crippen LogP) is 2.33. The van der Waals surface area contributed by atoms with Crippen molar-refractivity contribution in [3.05, 3.63) is 70.0 Å². The highest BCUT2D eigenvalue weighted by molar-refractivity contribution is 5.65. The van der Waals surface area contributed by atoms with Crippen LogP contribution < -0.4 is 15.6 Å². The Balaban J connectivity index is 2.03. The molecule has 6 nitrogen and oxygen atoms in total. The number of fused-ring (bicyclic) bond motifs is 1. The van der Waals surface area contributed by atoms with Gasteiger partial charge in [0.1, 0.15) is 11.6 Å². The van der Waals surface area contributed by atoms with E-state index in [2.05, 4.69) is 15.3 Å². The summed E-state index contributed by atoms with van der Waals surface area (Å²) in [4.78, 5) is 6.97. The molecule has 1 aliphatic carbocycles. The number of pyridine rings is 2. The lowest BCUT2D eigenvalue weighted by Gasteiger charge is -2.12. The highest BCUT2D eigenvalue weighted by Crippen LogP contribution is 2.20. The van der Waals surface area contributed by atoms with Crippen molar-refractivity contribution in [1.82, 2.24) is 14.9 Å². The number of aromatic nitrogens is 2. The lowest BCUT2D eigenvalue weighted by Crippen LogP contribution is -2.21. The van der Waals surface area contributed by atoms with E-state index in [4.69, 9.17) is 0 Å². The molecule has 0 aromatic carbocycles. The summed E-state index contributed by atoms with van der Waals surface area (Å²) in [6.07, 6.45) is 1.73. The van der Waals surface area contributed by atoms with E-state index < -0.39 is 0 Å². The minimum atomic E-state index is -0.384. The van der Waals surface area contributed by atoms with E-state index in [1.165, 1.54) is 6.07 Å². The van der Waals surface area contributed by atoms with Crippen LogP contribution >= 0.6 is 0 Å². The van der Waals surface area contributed by atoms with Gasteiger partial charge < -0.3 is 20.7 Å². The van der Waals surface area contributed by atoms with Crippen LogP contribution in [0.25, 0.3) is 11.3 Å². The fourth-order valence-electron chi connectivity index (χ4n) is 2.17. The Hall–Kier alpha value is -3.02. The van der Waals surface area contributed by atoms with E-state index in [-0.39, 0.29) is 10.3 Å². The zero-order chi connectivity index (χ0) is 14.8. The number of benzene rings is 1. The third-order valence-corrected chi connectivity index (χ3v) is 3.14. The van der Waals surface area contributed by atoms with Crippen LogP contribution in [0.3, 0.4) is 0 Å². The van der Waals surface area contributed by atoms with Crippen LogP contribution in [0, 0.1) is 17.3 Å². The lowest BCUT2D eigenvalue weighted by atomic mass is 10.1. The van der Waals surface area contributed by atoms with Gasteiger partial charge in [-0.05, 0) is 42.8 Å². The van der Waals surface area contributed by atoms with E-state index in [0.29, 0.717) is 11.3 Å². The molecule has 1 aromatic rings. The quantitative estimate of drug-likeness (QED) is 0.705. The Morgan fingerprint density at radius 3 is 2.76 bits per heavy atom. The molecule has 6 heteroatoms. The van der Waals surface area contributed by atoms with Crippen LogP contribution in [-0.4, -0.2) is 9.97 Å². The molecule has 0 saturated heterocycles. The highest BCUT2D eigenvalue weighted by Gasteiger charge is 2.08. The molecule has 3 rings (SSSR count). The molecule has 106 valence electrons. The van der Waals surface area contributed by atoms with Gasteiger partial charge in [-0.2, -0.15) is 4.90 Å². The monoisotopic (exact) mass is 281 g/mol. The van der Waals surface area contributed by atoms with Crippen molar-refractivity contribution in [3.63, 3.8) is 0 Å². The Morgan fingerprint density at radius 1 is 1.14 bits per heavy atom. The molecule has 0 unspecified atom stereocenters. The summed E-state index contributed by atoms with van der Waals surface area (Å²) >= 11 is 0. The van der Waals surface area contributed by atoms with Crippen LogP contribution in [0.4, 0.5) is 11.6 Å². The molecular weight excluding hydrogens is 268 g/mol. The Bertz CT molecular complexity index is 822. The molecule has 21 heavy (non-hydrogen) atoms. The first kappa shape index (κ1) is 13.0. The van der Waals surface area contributed by atoms with Gasteiger partial charge in [0, 0.05) is 12.3 Å². The van der Waals surface area contributed by atoms with E-state index in [0.717, 1.165) is 17.2 Å². The van der Waals surface area contributed by atoms with E-state index >= 15 is 0 Å². The Labute approximate surface area is 120 Å². The molecular formula is C15H13N4O2-. The first-order chi connectivity index (χ1) is 10.1. The van der Waals surface area contributed by atoms with Crippen molar-refractivity contribution in [2.24, 2.45) is 0 Å². The minimum absolute atomic E-state index is 0.0870. The number of hydrogen-bond acceptors (Lipinski definition) is 4. The van der Waals surface area contributed by atoms with Crippen molar-refractivity contribution < 1.29 is 0 Å². The number of rotatable bonds is 2.